The maximum Gasteiger partial charge on any atom is 0.197 e. The van der Waals surface area contributed by atoms with Crippen LogP contribution in [-0.4, -0.2) is 47.8 Å². The number of hydrogen-bond donors (Lipinski definition) is 0. The molecule has 5 heterocycles. The van der Waals surface area contributed by atoms with Gasteiger partial charge in [0.05, 0.1) is 37.4 Å². The maximum absolute atomic E-state index is 9.06. The van der Waals surface area contributed by atoms with Crippen molar-refractivity contribution in [3.63, 3.8) is 0 Å². The van der Waals surface area contributed by atoms with Gasteiger partial charge < -0.3 is 23.5 Å². The smallest absolute Gasteiger partial charge is 0.197 e. The summed E-state index contributed by atoms with van der Waals surface area (Å²) in [7, 11) is 3.27. The molecule has 0 amide bonds. The molecule has 10 heteroatoms. The van der Waals surface area contributed by atoms with Gasteiger partial charge >= 0.3 is 0 Å². The molecule has 9 nitrogen and oxygen atoms in total. The van der Waals surface area contributed by atoms with Crippen LogP contribution in [0.15, 0.2) is 53.3 Å². The Morgan fingerprint density at radius 3 is 2.86 bits per heavy atom. The number of aromatic nitrogens is 3. The molecule has 1 saturated heterocycles. The molecule has 0 N–H and O–H groups in total. The van der Waals surface area contributed by atoms with E-state index in [4.69, 9.17) is 23.9 Å². The van der Waals surface area contributed by atoms with Crippen molar-refractivity contribution in [3.05, 3.63) is 54.5 Å². The maximum atomic E-state index is 9.06. The second-order valence-corrected chi connectivity index (χ2v) is 9.51. The van der Waals surface area contributed by atoms with Crippen LogP contribution in [0.3, 0.4) is 0 Å². The lowest BCUT2D eigenvalue weighted by Crippen LogP contribution is -2.34. The Labute approximate surface area is 211 Å². The van der Waals surface area contributed by atoms with Crippen LogP contribution in [0.1, 0.15) is 18.4 Å². The number of imidazole rings is 1. The van der Waals surface area contributed by atoms with Gasteiger partial charge in [-0.15, -0.1) is 0 Å². The number of furan rings is 1. The van der Waals surface area contributed by atoms with Gasteiger partial charge in [-0.05, 0) is 31.0 Å². The Morgan fingerprint density at radius 2 is 2.11 bits per heavy atom. The fourth-order valence-electron chi connectivity index (χ4n) is 4.55. The quantitative estimate of drug-likeness (QED) is 0.302. The fraction of sp³-hybridized carbons (Fsp3) is 0.269. The molecular formula is C26H23N5O4S. The molecule has 0 spiro atoms. The van der Waals surface area contributed by atoms with E-state index in [2.05, 4.69) is 20.9 Å². The van der Waals surface area contributed by atoms with Crippen molar-refractivity contribution in [2.45, 2.75) is 18.9 Å². The first-order valence-electron chi connectivity index (χ1n) is 11.5. The molecule has 0 radical (unpaired) electrons. The topological polar surface area (TPSA) is 98.1 Å². The van der Waals surface area contributed by atoms with E-state index in [0.717, 1.165) is 46.3 Å². The van der Waals surface area contributed by atoms with Gasteiger partial charge in [-0.1, -0.05) is 11.3 Å². The third-order valence-electron chi connectivity index (χ3n) is 6.38. The average molecular weight is 502 g/mol. The highest BCUT2D eigenvalue weighted by Crippen LogP contribution is 2.38. The Bertz CT molecular complexity index is 1550. The summed E-state index contributed by atoms with van der Waals surface area (Å²) < 4.78 is 25.3. The third kappa shape index (κ3) is 3.97. The Balaban J connectivity index is 1.27. The third-order valence-corrected chi connectivity index (χ3v) is 7.33. The van der Waals surface area contributed by atoms with Gasteiger partial charge in [0.1, 0.15) is 41.3 Å². The van der Waals surface area contributed by atoms with Gasteiger partial charge in [0.15, 0.2) is 15.8 Å². The zero-order valence-corrected chi connectivity index (χ0v) is 20.6. The van der Waals surface area contributed by atoms with Crippen LogP contribution in [0.4, 0.5) is 5.82 Å². The highest BCUT2D eigenvalue weighted by molar-refractivity contribution is 7.18. The summed E-state index contributed by atoms with van der Waals surface area (Å²) in [4.78, 5) is 12.2. The molecule has 6 rings (SSSR count). The molecule has 0 bridgehead atoms. The number of anilines is 1. The molecule has 4 aromatic heterocycles. The number of thiazole rings is 1. The molecule has 1 fully saturated rings. The SMILES string of the molecule is COc1cc(OC[C@@H]2CCCN2c2ccc(C#N)cn2)c2cc(-c3cn4cc(OC)sc4n3)oc2c1. The zero-order valence-electron chi connectivity index (χ0n) is 19.8. The van der Waals surface area contributed by atoms with Gasteiger partial charge in [0.25, 0.3) is 0 Å². The van der Waals surface area contributed by atoms with Crippen molar-refractivity contribution in [2.75, 3.05) is 32.3 Å². The predicted octanol–water partition coefficient (Wildman–Crippen LogP) is 5.14. The van der Waals surface area contributed by atoms with E-state index in [9.17, 15) is 0 Å². The summed E-state index contributed by atoms with van der Waals surface area (Å²) in [5, 5.41) is 10.7. The first kappa shape index (κ1) is 22.2. The van der Waals surface area contributed by atoms with Crippen LogP contribution < -0.4 is 19.1 Å². The van der Waals surface area contributed by atoms with Gasteiger partial charge in [0, 0.05) is 31.1 Å². The molecule has 0 unspecified atom stereocenters. The number of benzene rings is 1. The van der Waals surface area contributed by atoms with Gasteiger partial charge in [-0.25, -0.2) is 9.97 Å². The van der Waals surface area contributed by atoms with Crippen LogP contribution in [-0.2, 0) is 0 Å². The van der Waals surface area contributed by atoms with E-state index in [0.29, 0.717) is 35.0 Å². The largest absolute Gasteiger partial charge is 0.496 e. The van der Waals surface area contributed by atoms with Crippen LogP contribution in [0, 0.1) is 11.3 Å². The number of ether oxygens (including phenoxy) is 3. The fourth-order valence-corrected chi connectivity index (χ4v) is 5.34. The second-order valence-electron chi connectivity index (χ2n) is 8.54. The van der Waals surface area contributed by atoms with Crippen LogP contribution in [0.25, 0.3) is 27.4 Å². The minimum absolute atomic E-state index is 0.174. The van der Waals surface area contributed by atoms with E-state index >= 15 is 0 Å². The van der Waals surface area contributed by atoms with Crippen molar-refractivity contribution >= 4 is 33.1 Å². The van der Waals surface area contributed by atoms with Crippen LogP contribution >= 0.6 is 11.3 Å². The summed E-state index contributed by atoms with van der Waals surface area (Å²) in [5.74, 6) is 2.87. The summed E-state index contributed by atoms with van der Waals surface area (Å²) >= 11 is 1.47. The lowest BCUT2D eigenvalue weighted by molar-refractivity contribution is 0.289. The molecule has 1 aliphatic heterocycles. The predicted molar refractivity (Wildman–Crippen MR) is 136 cm³/mol. The highest BCUT2D eigenvalue weighted by atomic mass is 32.1. The Hall–Kier alpha value is -4.23. The zero-order chi connectivity index (χ0) is 24.6. The first-order chi connectivity index (χ1) is 17.6. The molecule has 182 valence electrons. The minimum Gasteiger partial charge on any atom is -0.496 e. The van der Waals surface area contributed by atoms with Crippen molar-refractivity contribution in [1.82, 2.24) is 14.4 Å². The number of nitriles is 1. The normalized spacial score (nSPS) is 15.5. The monoisotopic (exact) mass is 501 g/mol. The van der Waals surface area contributed by atoms with Gasteiger partial charge in [-0.3, -0.25) is 4.40 Å². The van der Waals surface area contributed by atoms with Crippen molar-refractivity contribution < 1.29 is 18.6 Å². The molecule has 1 aliphatic rings. The Morgan fingerprint density at radius 1 is 1.19 bits per heavy atom. The number of pyridine rings is 1. The van der Waals surface area contributed by atoms with Gasteiger partial charge in [0.2, 0.25) is 0 Å². The summed E-state index contributed by atoms with van der Waals surface area (Å²) in [6.45, 7) is 1.39. The van der Waals surface area contributed by atoms with E-state index in [1.54, 1.807) is 26.5 Å². The summed E-state index contributed by atoms with van der Waals surface area (Å²) in [6, 6.07) is 11.7. The first-order valence-corrected chi connectivity index (χ1v) is 12.4. The number of nitrogens with zero attached hydrogens (tertiary/aromatic N) is 5. The lowest BCUT2D eigenvalue weighted by Gasteiger charge is -2.26. The van der Waals surface area contributed by atoms with Crippen molar-refractivity contribution in [3.8, 4) is 34.1 Å². The van der Waals surface area contributed by atoms with E-state index in [1.807, 2.05) is 41.1 Å². The Kier molecular flexibility index (Phi) is 5.62. The second kappa shape index (κ2) is 9.09. The number of methoxy groups -OCH3 is 2. The molecule has 1 atom stereocenters. The summed E-state index contributed by atoms with van der Waals surface area (Å²) in [6.07, 6.45) is 7.49. The molecule has 36 heavy (non-hydrogen) atoms. The molecule has 1 aromatic carbocycles. The van der Waals surface area contributed by atoms with Crippen LogP contribution in [0.2, 0.25) is 0 Å². The van der Waals surface area contributed by atoms with Crippen molar-refractivity contribution in [2.24, 2.45) is 0 Å². The lowest BCUT2D eigenvalue weighted by atomic mass is 10.2. The van der Waals surface area contributed by atoms with Crippen LogP contribution in [0.5, 0.6) is 16.6 Å². The van der Waals surface area contributed by atoms with Crippen molar-refractivity contribution in [1.29, 1.82) is 5.26 Å². The molecule has 0 aliphatic carbocycles. The molecule has 0 saturated carbocycles. The van der Waals surface area contributed by atoms with E-state index in [1.165, 1.54) is 11.3 Å². The molecular weight excluding hydrogens is 478 g/mol. The van der Waals surface area contributed by atoms with E-state index in [-0.39, 0.29) is 6.04 Å². The van der Waals surface area contributed by atoms with E-state index < -0.39 is 0 Å². The average Bonchev–Trinajstić information content (AvgIpc) is 3.69. The minimum atomic E-state index is 0.174. The standard InChI is InChI=1S/C26H23N5O4S/c1-32-18-8-21(34-15-17-4-3-7-31(17)24-6-5-16(11-27)12-28-24)19-10-23(35-22(19)9-18)20-13-30-14-25(33-2)36-26(30)29-20/h5-6,8-10,12-14,17H,3-4,7,15H2,1-2H3/t17-/m0/s1. The summed E-state index contributed by atoms with van der Waals surface area (Å²) in [5.41, 5.74) is 1.96. The molecule has 5 aromatic rings. The number of hydrogen-bond acceptors (Lipinski definition) is 9. The number of rotatable bonds is 7. The highest BCUT2D eigenvalue weighted by Gasteiger charge is 2.27. The number of fused-ring (bicyclic) bond motifs is 2. The van der Waals surface area contributed by atoms with Gasteiger partial charge in [-0.2, -0.15) is 5.26 Å².